The molecule has 0 spiro atoms. The molecule has 1 aromatic rings. The molecule has 0 unspecified atom stereocenters. The van der Waals surface area contributed by atoms with Gasteiger partial charge in [0, 0.05) is 11.1 Å². The van der Waals surface area contributed by atoms with Crippen molar-refractivity contribution in [3.05, 3.63) is 34.3 Å². The standard InChI is InChI=1S/C10H12BrNO/c11-9-3-1-8(2-4-9)10(12)5-6-13-7-10/h1-4H,5-7,12H2/t10-/m0/s1. The van der Waals surface area contributed by atoms with Crippen molar-refractivity contribution in [3.8, 4) is 0 Å². The van der Waals surface area contributed by atoms with E-state index in [1.807, 2.05) is 12.1 Å². The summed E-state index contributed by atoms with van der Waals surface area (Å²) in [7, 11) is 0. The minimum absolute atomic E-state index is 0.263. The molecular formula is C10H12BrNO. The highest BCUT2D eigenvalue weighted by Gasteiger charge is 2.31. The van der Waals surface area contributed by atoms with E-state index in [2.05, 4.69) is 28.1 Å². The van der Waals surface area contributed by atoms with Crippen LogP contribution in [-0.4, -0.2) is 13.2 Å². The molecule has 0 bridgehead atoms. The summed E-state index contributed by atoms with van der Waals surface area (Å²) in [5, 5.41) is 0. The van der Waals surface area contributed by atoms with Crippen molar-refractivity contribution in [1.29, 1.82) is 0 Å². The van der Waals surface area contributed by atoms with Gasteiger partial charge >= 0.3 is 0 Å². The average molecular weight is 242 g/mol. The lowest BCUT2D eigenvalue weighted by Gasteiger charge is -2.22. The molecule has 0 aliphatic carbocycles. The van der Waals surface area contributed by atoms with Crippen molar-refractivity contribution in [2.45, 2.75) is 12.0 Å². The number of rotatable bonds is 1. The second-order valence-electron chi connectivity index (χ2n) is 3.47. The monoisotopic (exact) mass is 241 g/mol. The number of nitrogens with two attached hydrogens (primary N) is 1. The number of ether oxygens (including phenoxy) is 1. The van der Waals surface area contributed by atoms with E-state index in [0.717, 1.165) is 23.1 Å². The van der Waals surface area contributed by atoms with Crippen molar-refractivity contribution in [2.75, 3.05) is 13.2 Å². The Morgan fingerprint density at radius 3 is 2.54 bits per heavy atom. The highest BCUT2D eigenvalue weighted by atomic mass is 79.9. The molecule has 1 aromatic carbocycles. The zero-order valence-corrected chi connectivity index (χ0v) is 8.88. The van der Waals surface area contributed by atoms with E-state index in [4.69, 9.17) is 10.5 Å². The summed E-state index contributed by atoms with van der Waals surface area (Å²) in [4.78, 5) is 0. The number of hydrogen-bond acceptors (Lipinski definition) is 2. The van der Waals surface area contributed by atoms with Crippen LogP contribution in [0.3, 0.4) is 0 Å². The van der Waals surface area contributed by atoms with Crippen LogP contribution in [0.2, 0.25) is 0 Å². The fraction of sp³-hybridized carbons (Fsp3) is 0.400. The zero-order valence-electron chi connectivity index (χ0n) is 7.29. The van der Waals surface area contributed by atoms with Crippen LogP contribution in [0.25, 0.3) is 0 Å². The first-order valence-corrected chi connectivity index (χ1v) is 5.13. The molecule has 0 saturated carbocycles. The zero-order chi connectivity index (χ0) is 9.31. The lowest BCUT2D eigenvalue weighted by Crippen LogP contribution is -2.36. The van der Waals surface area contributed by atoms with Crippen molar-refractivity contribution < 1.29 is 4.74 Å². The summed E-state index contributed by atoms with van der Waals surface area (Å²) in [6, 6.07) is 8.14. The Hall–Kier alpha value is -0.380. The van der Waals surface area contributed by atoms with Crippen LogP contribution < -0.4 is 5.73 Å². The molecule has 1 saturated heterocycles. The van der Waals surface area contributed by atoms with Gasteiger partial charge in [0.05, 0.1) is 12.1 Å². The molecule has 2 nitrogen and oxygen atoms in total. The molecule has 1 heterocycles. The quantitative estimate of drug-likeness (QED) is 0.817. The van der Waals surface area contributed by atoms with E-state index < -0.39 is 0 Å². The summed E-state index contributed by atoms with van der Waals surface area (Å²) in [6.45, 7) is 1.40. The van der Waals surface area contributed by atoms with Gasteiger partial charge in [-0.05, 0) is 24.1 Å². The highest BCUT2D eigenvalue weighted by Crippen LogP contribution is 2.28. The molecule has 1 aliphatic heterocycles. The van der Waals surface area contributed by atoms with Crippen LogP contribution in [0, 0.1) is 0 Å². The van der Waals surface area contributed by atoms with Gasteiger partial charge in [0.1, 0.15) is 0 Å². The largest absolute Gasteiger partial charge is 0.379 e. The van der Waals surface area contributed by atoms with Gasteiger partial charge in [-0.15, -0.1) is 0 Å². The Morgan fingerprint density at radius 1 is 1.31 bits per heavy atom. The molecule has 0 aromatic heterocycles. The van der Waals surface area contributed by atoms with Gasteiger partial charge in [-0.25, -0.2) is 0 Å². The molecule has 1 aliphatic rings. The van der Waals surface area contributed by atoms with Gasteiger partial charge < -0.3 is 10.5 Å². The van der Waals surface area contributed by atoms with Gasteiger partial charge in [-0.2, -0.15) is 0 Å². The Labute approximate surface area is 86.2 Å². The molecule has 1 fully saturated rings. The van der Waals surface area contributed by atoms with Gasteiger partial charge in [-0.1, -0.05) is 28.1 Å². The molecular weight excluding hydrogens is 230 g/mol. The smallest absolute Gasteiger partial charge is 0.0689 e. The predicted molar refractivity (Wildman–Crippen MR) is 55.4 cm³/mol. The summed E-state index contributed by atoms with van der Waals surface area (Å²) >= 11 is 3.40. The Kier molecular flexibility index (Phi) is 2.41. The molecule has 2 rings (SSSR count). The second-order valence-corrected chi connectivity index (χ2v) is 4.38. The van der Waals surface area contributed by atoms with Gasteiger partial charge in [0.25, 0.3) is 0 Å². The maximum absolute atomic E-state index is 6.19. The van der Waals surface area contributed by atoms with Crippen LogP contribution in [0.4, 0.5) is 0 Å². The Balaban J connectivity index is 2.29. The molecule has 13 heavy (non-hydrogen) atoms. The molecule has 1 atom stereocenters. The highest BCUT2D eigenvalue weighted by molar-refractivity contribution is 9.10. The normalized spacial score (nSPS) is 27.8. The SMILES string of the molecule is N[C@@]1(c2ccc(Br)cc2)CCOC1. The van der Waals surface area contributed by atoms with Crippen molar-refractivity contribution in [2.24, 2.45) is 5.73 Å². The summed E-state index contributed by atoms with van der Waals surface area (Å²) in [5.74, 6) is 0. The predicted octanol–water partition coefficient (Wildman–Crippen LogP) is 2.02. The third kappa shape index (κ3) is 1.77. The first-order valence-electron chi connectivity index (χ1n) is 4.33. The number of halogens is 1. The minimum atomic E-state index is -0.263. The van der Waals surface area contributed by atoms with E-state index in [1.54, 1.807) is 0 Å². The topological polar surface area (TPSA) is 35.2 Å². The minimum Gasteiger partial charge on any atom is -0.379 e. The maximum atomic E-state index is 6.19. The third-order valence-electron chi connectivity index (χ3n) is 2.47. The van der Waals surface area contributed by atoms with Crippen molar-refractivity contribution >= 4 is 15.9 Å². The molecule has 3 heteroatoms. The van der Waals surface area contributed by atoms with Crippen LogP contribution in [0.1, 0.15) is 12.0 Å². The van der Waals surface area contributed by atoms with Crippen LogP contribution >= 0.6 is 15.9 Å². The van der Waals surface area contributed by atoms with Crippen molar-refractivity contribution in [1.82, 2.24) is 0 Å². The fourth-order valence-electron chi connectivity index (χ4n) is 1.59. The van der Waals surface area contributed by atoms with E-state index in [-0.39, 0.29) is 5.54 Å². The maximum Gasteiger partial charge on any atom is 0.0689 e. The van der Waals surface area contributed by atoms with E-state index in [9.17, 15) is 0 Å². The summed E-state index contributed by atoms with van der Waals surface area (Å²) in [6.07, 6.45) is 0.911. The Morgan fingerprint density at radius 2 is 2.00 bits per heavy atom. The van der Waals surface area contributed by atoms with E-state index in [0.29, 0.717) is 6.61 Å². The average Bonchev–Trinajstić information content (AvgIpc) is 2.54. The lowest BCUT2D eigenvalue weighted by atomic mass is 9.91. The van der Waals surface area contributed by atoms with Crippen LogP contribution in [-0.2, 0) is 10.3 Å². The number of benzene rings is 1. The summed E-state index contributed by atoms with van der Waals surface area (Å²) < 4.78 is 6.39. The molecule has 0 radical (unpaired) electrons. The first kappa shape index (κ1) is 9.19. The van der Waals surface area contributed by atoms with Crippen LogP contribution in [0.5, 0.6) is 0 Å². The second kappa shape index (κ2) is 3.40. The Bertz CT molecular complexity index is 290. The molecule has 70 valence electrons. The molecule has 0 amide bonds. The van der Waals surface area contributed by atoms with Gasteiger partial charge in [0.15, 0.2) is 0 Å². The first-order chi connectivity index (χ1) is 6.21. The van der Waals surface area contributed by atoms with Crippen molar-refractivity contribution in [3.63, 3.8) is 0 Å². The lowest BCUT2D eigenvalue weighted by molar-refractivity contribution is 0.178. The van der Waals surface area contributed by atoms with Gasteiger partial charge in [-0.3, -0.25) is 0 Å². The third-order valence-corrected chi connectivity index (χ3v) is 3.00. The van der Waals surface area contributed by atoms with E-state index in [1.165, 1.54) is 0 Å². The van der Waals surface area contributed by atoms with E-state index >= 15 is 0 Å². The number of hydrogen-bond donors (Lipinski definition) is 1. The molecule has 2 N–H and O–H groups in total. The fourth-order valence-corrected chi connectivity index (χ4v) is 1.85. The summed E-state index contributed by atoms with van der Waals surface area (Å²) in [5.41, 5.74) is 7.09. The van der Waals surface area contributed by atoms with Gasteiger partial charge in [0.2, 0.25) is 0 Å². The van der Waals surface area contributed by atoms with Crippen LogP contribution in [0.15, 0.2) is 28.7 Å².